The van der Waals surface area contributed by atoms with Crippen LogP contribution in [0.2, 0.25) is 0 Å². The Hall–Kier alpha value is -2.60. The van der Waals surface area contributed by atoms with Crippen molar-refractivity contribution in [3.05, 3.63) is 54.2 Å². The van der Waals surface area contributed by atoms with Crippen LogP contribution in [-0.4, -0.2) is 44.4 Å². The van der Waals surface area contributed by atoms with Gasteiger partial charge in [0.05, 0.1) is 25.2 Å². The lowest BCUT2D eigenvalue weighted by Crippen LogP contribution is -2.28. The van der Waals surface area contributed by atoms with Gasteiger partial charge in [-0.1, -0.05) is 12.1 Å². The molecule has 0 saturated carbocycles. The maximum Gasteiger partial charge on any atom is 0.128 e. The standard InChI is InChI=1S/C21H25N5O/c1-24-12-16(10-23-24)13-25-8-7-21(14-25)9-20-22-11-18(26(20)15-21)17-5-3-4-6-19(17)27-2/h3-6,10-12H,7-9,13-15H2,1-2H3. The lowest BCUT2D eigenvalue weighted by Gasteiger charge is -2.23. The van der Waals surface area contributed by atoms with E-state index < -0.39 is 0 Å². The predicted molar refractivity (Wildman–Crippen MR) is 103 cm³/mol. The molecule has 2 aliphatic rings. The number of hydrogen-bond acceptors (Lipinski definition) is 4. The Kier molecular flexibility index (Phi) is 3.82. The van der Waals surface area contributed by atoms with Crippen LogP contribution in [-0.2, 0) is 26.6 Å². The summed E-state index contributed by atoms with van der Waals surface area (Å²) in [5.41, 5.74) is 3.90. The summed E-state index contributed by atoms with van der Waals surface area (Å²) in [6.07, 6.45) is 8.38. The molecule has 2 aromatic heterocycles. The molecule has 3 aromatic rings. The first kappa shape index (κ1) is 16.6. The zero-order valence-corrected chi connectivity index (χ0v) is 15.9. The number of hydrogen-bond donors (Lipinski definition) is 0. The molecule has 0 radical (unpaired) electrons. The van der Waals surface area contributed by atoms with Gasteiger partial charge in [0.1, 0.15) is 11.6 Å². The van der Waals surface area contributed by atoms with Crippen LogP contribution in [0.3, 0.4) is 0 Å². The smallest absolute Gasteiger partial charge is 0.128 e. The van der Waals surface area contributed by atoms with Crippen LogP contribution in [0.4, 0.5) is 0 Å². The van der Waals surface area contributed by atoms with Crippen LogP contribution in [0.15, 0.2) is 42.9 Å². The molecular formula is C21H25N5O. The second-order valence-electron chi connectivity index (χ2n) is 8.01. The van der Waals surface area contributed by atoms with Crippen molar-refractivity contribution in [2.45, 2.75) is 25.9 Å². The number of aryl methyl sites for hydroxylation is 1. The molecular weight excluding hydrogens is 338 g/mol. The van der Waals surface area contributed by atoms with E-state index in [0.29, 0.717) is 5.41 Å². The summed E-state index contributed by atoms with van der Waals surface area (Å²) in [6.45, 7) is 4.29. The van der Waals surface area contributed by atoms with Crippen molar-refractivity contribution in [1.82, 2.24) is 24.2 Å². The van der Waals surface area contributed by atoms with Crippen LogP contribution in [0.1, 0.15) is 17.8 Å². The molecule has 1 unspecified atom stereocenters. The minimum atomic E-state index is 0.308. The molecule has 6 nitrogen and oxygen atoms in total. The highest BCUT2D eigenvalue weighted by molar-refractivity contribution is 5.67. The summed E-state index contributed by atoms with van der Waals surface area (Å²) in [4.78, 5) is 7.32. The van der Waals surface area contributed by atoms with Crippen molar-refractivity contribution in [3.63, 3.8) is 0 Å². The number of rotatable bonds is 4. The van der Waals surface area contributed by atoms with E-state index in [-0.39, 0.29) is 0 Å². The summed E-state index contributed by atoms with van der Waals surface area (Å²) >= 11 is 0. The van der Waals surface area contributed by atoms with E-state index in [2.05, 4.69) is 32.9 Å². The van der Waals surface area contributed by atoms with Gasteiger partial charge in [-0.05, 0) is 25.1 Å². The highest BCUT2D eigenvalue weighted by Gasteiger charge is 2.44. The second kappa shape index (κ2) is 6.23. The van der Waals surface area contributed by atoms with Crippen molar-refractivity contribution in [2.24, 2.45) is 12.5 Å². The van der Waals surface area contributed by atoms with Crippen LogP contribution in [0, 0.1) is 5.41 Å². The highest BCUT2D eigenvalue weighted by atomic mass is 16.5. The first-order valence-corrected chi connectivity index (χ1v) is 9.53. The molecule has 140 valence electrons. The SMILES string of the molecule is COc1ccccc1-c1cnc2n1CC1(CCN(Cc3cnn(C)c3)C1)C2. The molecule has 1 spiro atoms. The van der Waals surface area contributed by atoms with E-state index in [1.165, 1.54) is 23.5 Å². The number of nitrogens with zero attached hydrogens (tertiary/aromatic N) is 5. The van der Waals surface area contributed by atoms with Gasteiger partial charge in [0, 0.05) is 55.8 Å². The van der Waals surface area contributed by atoms with E-state index in [1.54, 1.807) is 7.11 Å². The van der Waals surface area contributed by atoms with Gasteiger partial charge in [-0.3, -0.25) is 9.58 Å². The van der Waals surface area contributed by atoms with Gasteiger partial charge in [-0.2, -0.15) is 5.10 Å². The van der Waals surface area contributed by atoms with E-state index in [4.69, 9.17) is 9.72 Å². The molecule has 1 atom stereocenters. The zero-order valence-electron chi connectivity index (χ0n) is 15.9. The number of aromatic nitrogens is 4. The molecule has 6 heteroatoms. The number of para-hydroxylation sites is 1. The molecule has 1 fully saturated rings. The fraction of sp³-hybridized carbons (Fsp3) is 0.429. The molecule has 0 amide bonds. The Morgan fingerprint density at radius 3 is 2.89 bits per heavy atom. The van der Waals surface area contributed by atoms with Gasteiger partial charge in [0.2, 0.25) is 0 Å². The van der Waals surface area contributed by atoms with Gasteiger partial charge >= 0.3 is 0 Å². The van der Waals surface area contributed by atoms with Crippen molar-refractivity contribution in [3.8, 4) is 17.0 Å². The minimum Gasteiger partial charge on any atom is -0.496 e. The molecule has 2 aliphatic heterocycles. The first-order valence-electron chi connectivity index (χ1n) is 9.53. The van der Waals surface area contributed by atoms with Crippen LogP contribution in [0.5, 0.6) is 5.75 Å². The highest BCUT2D eigenvalue weighted by Crippen LogP contribution is 2.43. The first-order chi connectivity index (χ1) is 13.2. The van der Waals surface area contributed by atoms with Crippen molar-refractivity contribution < 1.29 is 4.74 Å². The topological polar surface area (TPSA) is 48.1 Å². The number of imidazole rings is 1. The van der Waals surface area contributed by atoms with Crippen molar-refractivity contribution in [1.29, 1.82) is 0 Å². The number of benzene rings is 1. The third-order valence-corrected chi connectivity index (χ3v) is 6.03. The maximum atomic E-state index is 5.57. The van der Waals surface area contributed by atoms with E-state index in [9.17, 15) is 0 Å². The molecule has 4 heterocycles. The lowest BCUT2D eigenvalue weighted by molar-refractivity contribution is 0.247. The lowest BCUT2D eigenvalue weighted by atomic mass is 9.86. The second-order valence-corrected chi connectivity index (χ2v) is 8.01. The largest absolute Gasteiger partial charge is 0.496 e. The van der Waals surface area contributed by atoms with E-state index >= 15 is 0 Å². The maximum absolute atomic E-state index is 5.57. The summed E-state index contributed by atoms with van der Waals surface area (Å²) in [5, 5.41) is 4.30. The van der Waals surface area contributed by atoms with Crippen molar-refractivity contribution in [2.75, 3.05) is 20.2 Å². The average molecular weight is 363 g/mol. The van der Waals surface area contributed by atoms with Crippen LogP contribution < -0.4 is 4.74 Å². The van der Waals surface area contributed by atoms with Gasteiger partial charge in [0.25, 0.3) is 0 Å². The molecule has 0 bridgehead atoms. The van der Waals surface area contributed by atoms with Gasteiger partial charge in [0.15, 0.2) is 0 Å². The minimum absolute atomic E-state index is 0.308. The fourth-order valence-corrected chi connectivity index (χ4v) is 4.78. The number of fused-ring (bicyclic) bond motifs is 1. The molecule has 1 saturated heterocycles. The Morgan fingerprint density at radius 2 is 2.07 bits per heavy atom. The predicted octanol–water partition coefficient (Wildman–Crippen LogP) is 2.74. The Bertz CT molecular complexity index is 975. The van der Waals surface area contributed by atoms with Crippen molar-refractivity contribution >= 4 is 0 Å². The van der Waals surface area contributed by atoms with Crippen LogP contribution >= 0.6 is 0 Å². The zero-order chi connectivity index (χ0) is 18.4. The van der Waals surface area contributed by atoms with Gasteiger partial charge in [-0.15, -0.1) is 0 Å². The van der Waals surface area contributed by atoms with Gasteiger partial charge < -0.3 is 9.30 Å². The Morgan fingerprint density at radius 1 is 1.19 bits per heavy atom. The third-order valence-electron chi connectivity index (χ3n) is 6.03. The molecule has 27 heavy (non-hydrogen) atoms. The van der Waals surface area contributed by atoms with E-state index in [1.807, 2.05) is 36.3 Å². The Balaban J connectivity index is 1.36. The molecule has 0 aliphatic carbocycles. The molecule has 1 aromatic carbocycles. The Labute approximate surface area is 159 Å². The summed E-state index contributed by atoms with van der Waals surface area (Å²) < 4.78 is 9.86. The summed E-state index contributed by atoms with van der Waals surface area (Å²) in [5.74, 6) is 2.12. The monoisotopic (exact) mass is 363 g/mol. The fourth-order valence-electron chi connectivity index (χ4n) is 4.78. The van der Waals surface area contributed by atoms with Crippen LogP contribution in [0.25, 0.3) is 11.3 Å². The molecule has 5 rings (SSSR count). The number of ether oxygens (including phenoxy) is 1. The summed E-state index contributed by atoms with van der Waals surface area (Å²) in [7, 11) is 3.71. The normalized spacial score (nSPS) is 21.9. The average Bonchev–Trinajstić information content (AvgIpc) is 3.42. The number of likely N-dealkylation sites (tertiary alicyclic amines) is 1. The van der Waals surface area contributed by atoms with E-state index in [0.717, 1.165) is 43.9 Å². The number of methoxy groups -OCH3 is 1. The summed E-state index contributed by atoms with van der Waals surface area (Å²) in [6, 6.07) is 8.22. The van der Waals surface area contributed by atoms with Gasteiger partial charge in [-0.25, -0.2) is 4.98 Å². The quantitative estimate of drug-likeness (QED) is 0.715. The molecule has 0 N–H and O–H groups in total. The third kappa shape index (κ3) is 2.84.